The van der Waals surface area contributed by atoms with Crippen LogP contribution < -0.4 is 11.5 Å². The Morgan fingerprint density at radius 1 is 1.39 bits per heavy atom. The Morgan fingerprint density at radius 2 is 2.09 bits per heavy atom. The molecule has 0 aliphatic carbocycles. The first-order chi connectivity index (χ1) is 11.1. The molecule has 0 amide bonds. The number of anilines is 1. The van der Waals surface area contributed by atoms with Crippen LogP contribution in [0.2, 0.25) is 0 Å². The van der Waals surface area contributed by atoms with Crippen molar-refractivity contribution in [2.75, 3.05) is 25.1 Å². The van der Waals surface area contributed by atoms with Gasteiger partial charge in [-0.15, -0.1) is 11.8 Å². The molecule has 1 aromatic heterocycles. The van der Waals surface area contributed by atoms with Gasteiger partial charge in [0.1, 0.15) is 22.7 Å². The van der Waals surface area contributed by atoms with Crippen LogP contribution in [0.3, 0.4) is 0 Å². The first-order valence-corrected chi connectivity index (χ1v) is 7.89. The van der Waals surface area contributed by atoms with Crippen molar-refractivity contribution in [3.63, 3.8) is 0 Å². The van der Waals surface area contributed by atoms with E-state index in [1.54, 1.807) is 37.5 Å². The Bertz CT molecular complexity index is 766. The van der Waals surface area contributed by atoms with Gasteiger partial charge in [0.05, 0.1) is 5.56 Å². The largest absolute Gasteiger partial charge is 0.508 e. The molecule has 0 spiro atoms. The number of phenolic OH excluding ortho intramolecular Hbond substituents is 1. The summed E-state index contributed by atoms with van der Waals surface area (Å²) >= 11 is 1.39. The van der Waals surface area contributed by atoms with E-state index >= 15 is 0 Å². The fourth-order valence-electron chi connectivity index (χ4n) is 2.15. The van der Waals surface area contributed by atoms with Gasteiger partial charge in [-0.05, 0) is 17.7 Å². The van der Waals surface area contributed by atoms with Crippen molar-refractivity contribution in [1.29, 1.82) is 5.26 Å². The minimum absolute atomic E-state index is 0.151. The third kappa shape index (κ3) is 3.62. The fraction of sp³-hybridized carbons (Fsp3) is 0.188. The summed E-state index contributed by atoms with van der Waals surface area (Å²) in [4.78, 5) is 8.33. The highest BCUT2D eigenvalue weighted by Gasteiger charge is 2.19. The summed E-state index contributed by atoms with van der Waals surface area (Å²) in [6.45, 7) is 0.476. The van der Waals surface area contributed by atoms with E-state index in [1.165, 1.54) is 11.8 Å². The second-order valence-electron chi connectivity index (χ2n) is 4.65. The smallest absolute Gasteiger partial charge is 0.134 e. The Morgan fingerprint density at radius 3 is 2.65 bits per heavy atom. The van der Waals surface area contributed by atoms with Crippen molar-refractivity contribution >= 4 is 23.8 Å². The Balaban J connectivity index is 2.75. The van der Waals surface area contributed by atoms with E-state index in [0.717, 1.165) is 5.56 Å². The molecule has 0 bridgehead atoms. The van der Waals surface area contributed by atoms with Crippen LogP contribution in [-0.2, 0) is 0 Å². The molecule has 2 rings (SSSR count). The fourth-order valence-corrected chi connectivity index (χ4v) is 2.91. The van der Waals surface area contributed by atoms with E-state index < -0.39 is 0 Å². The lowest BCUT2D eigenvalue weighted by Crippen LogP contribution is -2.07. The molecular formula is C16H17N5OS. The van der Waals surface area contributed by atoms with Gasteiger partial charge in [-0.1, -0.05) is 12.1 Å². The van der Waals surface area contributed by atoms with Crippen molar-refractivity contribution in [1.82, 2.24) is 4.98 Å². The molecule has 0 saturated heterocycles. The maximum absolute atomic E-state index is 9.63. The summed E-state index contributed by atoms with van der Waals surface area (Å²) in [7, 11) is 1.63. The van der Waals surface area contributed by atoms with Gasteiger partial charge >= 0.3 is 0 Å². The number of hydrogen-bond acceptors (Lipinski definition) is 7. The highest BCUT2D eigenvalue weighted by Crippen LogP contribution is 2.35. The van der Waals surface area contributed by atoms with Gasteiger partial charge in [0, 0.05) is 36.7 Å². The molecule has 0 aliphatic rings. The lowest BCUT2D eigenvalue weighted by atomic mass is 9.96. The molecule has 6 nitrogen and oxygen atoms in total. The maximum Gasteiger partial charge on any atom is 0.134 e. The van der Waals surface area contributed by atoms with Crippen molar-refractivity contribution in [2.24, 2.45) is 10.7 Å². The van der Waals surface area contributed by atoms with E-state index in [-0.39, 0.29) is 5.75 Å². The van der Waals surface area contributed by atoms with E-state index in [0.29, 0.717) is 39.8 Å². The quantitative estimate of drug-likeness (QED) is 0.570. The average Bonchev–Trinajstić information content (AvgIpc) is 2.55. The number of benzene rings is 1. The van der Waals surface area contributed by atoms with Gasteiger partial charge < -0.3 is 16.6 Å². The molecular weight excluding hydrogens is 310 g/mol. The predicted molar refractivity (Wildman–Crippen MR) is 93.8 cm³/mol. The van der Waals surface area contributed by atoms with Crippen molar-refractivity contribution in [3.05, 3.63) is 35.4 Å². The van der Waals surface area contributed by atoms with Gasteiger partial charge in [0.2, 0.25) is 0 Å². The van der Waals surface area contributed by atoms with Crippen molar-refractivity contribution in [3.8, 4) is 22.9 Å². The number of aromatic hydroxyl groups is 1. The van der Waals surface area contributed by atoms with Crippen molar-refractivity contribution < 1.29 is 5.11 Å². The molecule has 118 valence electrons. The lowest BCUT2D eigenvalue weighted by molar-refractivity contribution is 0.475. The van der Waals surface area contributed by atoms with Crippen LogP contribution in [0.5, 0.6) is 5.75 Å². The zero-order valence-corrected chi connectivity index (χ0v) is 13.5. The van der Waals surface area contributed by atoms with E-state index in [9.17, 15) is 10.4 Å². The van der Waals surface area contributed by atoms with E-state index in [4.69, 9.17) is 11.5 Å². The number of nitrogens with two attached hydrogens (primary N) is 2. The molecule has 7 heteroatoms. The lowest BCUT2D eigenvalue weighted by Gasteiger charge is -2.14. The Kier molecular flexibility index (Phi) is 5.57. The highest BCUT2D eigenvalue weighted by molar-refractivity contribution is 7.99. The summed E-state index contributed by atoms with van der Waals surface area (Å²) in [6, 6.07) is 8.80. The number of aromatic nitrogens is 1. The summed E-state index contributed by atoms with van der Waals surface area (Å²) < 4.78 is 0. The number of thioether (sulfide) groups is 1. The Labute approximate surface area is 138 Å². The number of rotatable bonds is 5. The summed E-state index contributed by atoms with van der Waals surface area (Å²) in [6.07, 6.45) is 1.59. The van der Waals surface area contributed by atoms with Gasteiger partial charge in [-0.2, -0.15) is 5.26 Å². The van der Waals surface area contributed by atoms with Gasteiger partial charge in [-0.3, -0.25) is 4.99 Å². The van der Waals surface area contributed by atoms with Gasteiger partial charge in [-0.25, -0.2) is 4.98 Å². The number of pyridine rings is 1. The minimum atomic E-state index is 0.151. The Hall–Kier alpha value is -2.56. The first-order valence-electron chi connectivity index (χ1n) is 6.90. The molecule has 0 unspecified atom stereocenters. The monoisotopic (exact) mass is 327 g/mol. The SMILES string of the molecule is CN=Cc1c(N)nc(SCCN)c(C#N)c1-c1ccc(O)cc1. The number of nitrogen functional groups attached to an aromatic ring is 1. The number of nitrogens with zero attached hydrogens (tertiary/aromatic N) is 3. The van der Waals surface area contributed by atoms with Crippen LogP contribution in [0.15, 0.2) is 34.3 Å². The van der Waals surface area contributed by atoms with Crippen LogP contribution in [-0.4, -0.2) is 35.7 Å². The number of hydrogen-bond donors (Lipinski definition) is 3. The average molecular weight is 327 g/mol. The molecule has 2 aromatic rings. The molecule has 23 heavy (non-hydrogen) atoms. The number of nitriles is 1. The third-order valence-electron chi connectivity index (χ3n) is 3.11. The van der Waals surface area contributed by atoms with Crippen LogP contribution in [0, 0.1) is 11.3 Å². The van der Waals surface area contributed by atoms with Crippen molar-refractivity contribution in [2.45, 2.75) is 5.03 Å². The summed E-state index contributed by atoms with van der Waals surface area (Å²) in [5, 5.41) is 19.7. The van der Waals surface area contributed by atoms with E-state index in [2.05, 4.69) is 16.0 Å². The van der Waals surface area contributed by atoms with Gasteiger partial charge in [0.25, 0.3) is 0 Å². The predicted octanol–water partition coefficient (Wildman–Crippen LogP) is 2.01. The molecule has 5 N–H and O–H groups in total. The van der Waals surface area contributed by atoms with Crippen LogP contribution in [0.1, 0.15) is 11.1 Å². The second kappa shape index (κ2) is 7.63. The van der Waals surface area contributed by atoms with Crippen LogP contribution >= 0.6 is 11.8 Å². The molecule has 1 aromatic carbocycles. The van der Waals surface area contributed by atoms with E-state index in [1.807, 2.05) is 0 Å². The van der Waals surface area contributed by atoms with Crippen LogP contribution in [0.25, 0.3) is 11.1 Å². The topological polar surface area (TPSA) is 121 Å². The molecule has 0 saturated carbocycles. The second-order valence-corrected chi connectivity index (χ2v) is 5.73. The first kappa shape index (κ1) is 16.8. The summed E-state index contributed by atoms with van der Waals surface area (Å²) in [5.74, 6) is 1.09. The standard InChI is InChI=1S/C16H17N5OS/c1-20-9-13-14(10-2-4-11(22)5-3-10)12(8-18)16(21-15(13)19)23-7-6-17/h2-5,9,22H,6-7,17H2,1H3,(H2,19,21). The zero-order valence-electron chi connectivity index (χ0n) is 12.7. The normalized spacial score (nSPS) is 10.8. The van der Waals surface area contributed by atoms with Crippen LogP contribution in [0.4, 0.5) is 5.82 Å². The molecule has 1 heterocycles. The number of aliphatic imine (C=N–C) groups is 1. The third-order valence-corrected chi connectivity index (χ3v) is 4.12. The number of phenols is 1. The minimum Gasteiger partial charge on any atom is -0.508 e. The van der Waals surface area contributed by atoms with Gasteiger partial charge in [0.15, 0.2) is 0 Å². The molecule has 0 aliphatic heterocycles. The zero-order chi connectivity index (χ0) is 16.8. The highest BCUT2D eigenvalue weighted by atomic mass is 32.2. The summed E-state index contributed by atoms with van der Waals surface area (Å²) in [5.41, 5.74) is 14.0. The molecule has 0 fully saturated rings. The molecule has 0 atom stereocenters. The maximum atomic E-state index is 9.63. The molecule has 0 radical (unpaired) electrons.